The molecule has 4 aliphatic rings. The maximum absolute atomic E-state index is 10.3. The summed E-state index contributed by atoms with van der Waals surface area (Å²) in [6, 6.07) is 10.8. The Hall–Kier alpha value is -2.88. The van der Waals surface area contributed by atoms with Crippen molar-refractivity contribution in [1.29, 1.82) is 0 Å². The summed E-state index contributed by atoms with van der Waals surface area (Å²) in [5.74, 6) is 2.41. The van der Waals surface area contributed by atoms with Crippen molar-refractivity contribution in [3.8, 4) is 5.75 Å². The SMILES string of the molecule is Cc1nc(N2CCC3(CC2)Cc2ccccc2C3)c(CO)nc1Sc1ccnc2c1OCC1(COC1)N2C. The van der Waals surface area contributed by atoms with Gasteiger partial charge in [-0.3, -0.25) is 0 Å². The summed E-state index contributed by atoms with van der Waals surface area (Å²) in [4.78, 5) is 20.0. The van der Waals surface area contributed by atoms with E-state index in [4.69, 9.17) is 19.4 Å². The smallest absolute Gasteiger partial charge is 0.175 e. The second kappa shape index (κ2) is 9.10. The Kier molecular flexibility index (Phi) is 5.79. The van der Waals surface area contributed by atoms with Gasteiger partial charge in [0.1, 0.15) is 22.9 Å². The van der Waals surface area contributed by atoms with E-state index in [0.29, 0.717) is 30.9 Å². The van der Waals surface area contributed by atoms with Gasteiger partial charge in [0.25, 0.3) is 0 Å². The average Bonchev–Trinajstić information content (AvgIpc) is 3.27. The highest BCUT2D eigenvalue weighted by molar-refractivity contribution is 7.99. The summed E-state index contributed by atoms with van der Waals surface area (Å²) in [5, 5.41) is 11.1. The number of benzene rings is 1. The number of aliphatic hydroxyl groups is 1. The summed E-state index contributed by atoms with van der Waals surface area (Å²) in [6.45, 7) is 5.61. The predicted molar refractivity (Wildman–Crippen MR) is 146 cm³/mol. The summed E-state index contributed by atoms with van der Waals surface area (Å²) in [7, 11) is 2.06. The fraction of sp³-hybridized carbons (Fsp3) is 0.483. The van der Waals surface area contributed by atoms with Gasteiger partial charge >= 0.3 is 0 Å². The minimum absolute atomic E-state index is 0.126. The minimum atomic E-state index is -0.139. The molecular weight excluding hydrogens is 498 g/mol. The lowest BCUT2D eigenvalue weighted by atomic mass is 9.76. The van der Waals surface area contributed by atoms with Crippen LogP contribution in [0, 0.1) is 12.3 Å². The van der Waals surface area contributed by atoms with Crippen molar-refractivity contribution >= 4 is 23.4 Å². The number of fused-ring (bicyclic) bond motifs is 2. The normalized spacial score (nSPS) is 20.7. The Balaban J connectivity index is 1.11. The van der Waals surface area contributed by atoms with Crippen LogP contribution in [-0.4, -0.2) is 65.6 Å². The summed E-state index contributed by atoms with van der Waals surface area (Å²) >= 11 is 1.52. The van der Waals surface area contributed by atoms with Gasteiger partial charge in [-0.25, -0.2) is 15.0 Å². The van der Waals surface area contributed by atoms with Crippen molar-refractivity contribution in [2.75, 3.05) is 49.8 Å². The monoisotopic (exact) mass is 531 g/mol. The van der Waals surface area contributed by atoms with Gasteiger partial charge in [-0.1, -0.05) is 36.0 Å². The zero-order valence-electron chi connectivity index (χ0n) is 21.9. The third-order valence-electron chi connectivity index (χ3n) is 8.91. The number of hydrogen-bond acceptors (Lipinski definition) is 9. The van der Waals surface area contributed by atoms with Gasteiger partial charge in [-0.15, -0.1) is 0 Å². The number of pyridine rings is 1. The molecule has 2 spiro atoms. The number of likely N-dealkylation sites (N-methyl/N-ethyl adjacent to an activating group) is 1. The van der Waals surface area contributed by atoms with Gasteiger partial charge < -0.3 is 24.4 Å². The van der Waals surface area contributed by atoms with Crippen molar-refractivity contribution in [2.45, 2.75) is 54.7 Å². The predicted octanol–water partition coefficient (Wildman–Crippen LogP) is 3.81. The van der Waals surface area contributed by atoms with E-state index < -0.39 is 0 Å². The number of aromatic nitrogens is 3. The maximum Gasteiger partial charge on any atom is 0.175 e. The van der Waals surface area contributed by atoms with E-state index in [2.05, 4.69) is 46.1 Å². The van der Waals surface area contributed by atoms with Crippen molar-refractivity contribution < 1.29 is 14.6 Å². The Labute approximate surface area is 227 Å². The number of rotatable bonds is 4. The Morgan fingerprint density at radius 1 is 1.00 bits per heavy atom. The Morgan fingerprint density at radius 3 is 2.39 bits per heavy atom. The molecule has 38 heavy (non-hydrogen) atoms. The quantitative estimate of drug-likeness (QED) is 0.540. The van der Waals surface area contributed by atoms with Gasteiger partial charge in [0, 0.05) is 26.3 Å². The third-order valence-corrected chi connectivity index (χ3v) is 10.0. The molecule has 0 amide bonds. The summed E-state index contributed by atoms with van der Waals surface area (Å²) in [6.07, 6.45) is 6.42. The van der Waals surface area contributed by atoms with Crippen molar-refractivity contribution in [1.82, 2.24) is 15.0 Å². The molecule has 198 valence electrons. The highest BCUT2D eigenvalue weighted by Gasteiger charge is 2.48. The number of anilines is 2. The molecule has 0 atom stereocenters. The molecule has 1 aromatic carbocycles. The third kappa shape index (κ3) is 3.86. The van der Waals surface area contributed by atoms with Crippen LogP contribution in [-0.2, 0) is 24.2 Å². The largest absolute Gasteiger partial charge is 0.486 e. The van der Waals surface area contributed by atoms with Crippen LogP contribution in [0.4, 0.5) is 11.6 Å². The lowest BCUT2D eigenvalue weighted by Crippen LogP contribution is -2.66. The first-order valence-electron chi connectivity index (χ1n) is 13.4. The van der Waals surface area contributed by atoms with E-state index in [-0.39, 0.29) is 12.1 Å². The second-order valence-corrected chi connectivity index (χ2v) is 12.3. The molecule has 0 radical (unpaired) electrons. The van der Waals surface area contributed by atoms with Crippen LogP contribution in [0.1, 0.15) is 35.4 Å². The number of piperidine rings is 1. The molecule has 5 heterocycles. The van der Waals surface area contributed by atoms with E-state index in [1.165, 1.54) is 35.7 Å². The molecule has 2 saturated heterocycles. The molecule has 0 unspecified atom stereocenters. The molecule has 9 heteroatoms. The van der Waals surface area contributed by atoms with Gasteiger partial charge in [0.05, 0.1) is 30.4 Å². The zero-order valence-corrected chi connectivity index (χ0v) is 22.8. The zero-order chi connectivity index (χ0) is 25.9. The first-order chi connectivity index (χ1) is 18.5. The molecule has 0 bridgehead atoms. The molecule has 3 aromatic rings. The second-order valence-electron chi connectivity index (χ2n) is 11.3. The summed E-state index contributed by atoms with van der Waals surface area (Å²) < 4.78 is 11.7. The van der Waals surface area contributed by atoms with Crippen molar-refractivity contribution in [3.05, 3.63) is 59.0 Å². The van der Waals surface area contributed by atoms with E-state index >= 15 is 0 Å². The molecule has 8 nitrogen and oxygen atoms in total. The Morgan fingerprint density at radius 2 is 1.74 bits per heavy atom. The Bertz CT molecular complexity index is 1360. The van der Waals surface area contributed by atoms with Crippen LogP contribution in [0.2, 0.25) is 0 Å². The van der Waals surface area contributed by atoms with Crippen molar-refractivity contribution in [2.24, 2.45) is 5.41 Å². The number of hydrogen-bond donors (Lipinski definition) is 1. The highest BCUT2D eigenvalue weighted by atomic mass is 32.2. The number of nitrogens with zero attached hydrogens (tertiary/aromatic N) is 5. The van der Waals surface area contributed by atoms with Gasteiger partial charge in [-0.05, 0) is 55.2 Å². The molecule has 1 aliphatic carbocycles. The minimum Gasteiger partial charge on any atom is -0.486 e. The fourth-order valence-corrected chi connectivity index (χ4v) is 7.35. The van der Waals surface area contributed by atoms with Gasteiger partial charge in [0.2, 0.25) is 0 Å². The van der Waals surface area contributed by atoms with E-state index in [0.717, 1.165) is 58.9 Å². The molecule has 7 rings (SSSR count). The van der Waals surface area contributed by atoms with E-state index in [1.807, 2.05) is 19.2 Å². The number of aryl methyl sites for hydroxylation is 1. The van der Waals surface area contributed by atoms with Crippen LogP contribution < -0.4 is 14.5 Å². The molecule has 2 aromatic heterocycles. The van der Waals surface area contributed by atoms with Crippen LogP contribution in [0.25, 0.3) is 0 Å². The van der Waals surface area contributed by atoms with E-state index in [1.54, 1.807) is 0 Å². The molecular formula is C29H33N5O3S. The van der Waals surface area contributed by atoms with Gasteiger partial charge in [-0.2, -0.15) is 0 Å². The topological polar surface area (TPSA) is 83.8 Å². The van der Waals surface area contributed by atoms with Crippen LogP contribution in [0.5, 0.6) is 5.75 Å². The molecule has 3 aliphatic heterocycles. The number of ether oxygens (including phenoxy) is 2. The first-order valence-corrected chi connectivity index (χ1v) is 14.2. The fourth-order valence-electron chi connectivity index (χ4n) is 6.42. The highest BCUT2D eigenvalue weighted by Crippen LogP contribution is 2.47. The first kappa shape index (κ1) is 24.2. The van der Waals surface area contributed by atoms with Crippen LogP contribution >= 0.6 is 11.8 Å². The lowest BCUT2D eigenvalue weighted by Gasteiger charge is -2.50. The lowest BCUT2D eigenvalue weighted by molar-refractivity contribution is -0.0801. The molecule has 0 saturated carbocycles. The maximum atomic E-state index is 10.3. The molecule has 1 N–H and O–H groups in total. The summed E-state index contributed by atoms with van der Waals surface area (Å²) in [5.41, 5.74) is 4.75. The van der Waals surface area contributed by atoms with Gasteiger partial charge in [0.15, 0.2) is 17.4 Å². The number of aliphatic hydroxyl groups excluding tert-OH is 1. The van der Waals surface area contributed by atoms with Crippen LogP contribution in [0.3, 0.4) is 0 Å². The van der Waals surface area contributed by atoms with E-state index in [9.17, 15) is 5.11 Å². The average molecular weight is 532 g/mol. The van der Waals surface area contributed by atoms with Crippen LogP contribution in [0.15, 0.2) is 46.5 Å². The standard InChI is InChI=1S/C29H33N5O3S/c1-19-27(38-23-7-10-30-26-24(23)37-18-29(33(26)2)16-36-17-29)32-22(15-35)25(31-19)34-11-8-28(9-12-34)13-20-5-3-4-6-21(20)14-28/h3-7,10,35H,8-9,11-18H2,1-2H3. The molecule has 2 fully saturated rings. The van der Waals surface area contributed by atoms with Crippen molar-refractivity contribution in [3.63, 3.8) is 0 Å².